The third kappa shape index (κ3) is 4.93. The van der Waals surface area contributed by atoms with Crippen LogP contribution in [-0.4, -0.2) is 40.2 Å². The minimum Gasteiger partial charge on any atom is -0.467 e. The van der Waals surface area contributed by atoms with Crippen LogP contribution in [0.3, 0.4) is 0 Å². The molecule has 0 aliphatic carbocycles. The highest BCUT2D eigenvalue weighted by Gasteiger charge is 2.26. The third-order valence-corrected chi connectivity index (χ3v) is 4.61. The molecule has 7 nitrogen and oxygen atoms in total. The van der Waals surface area contributed by atoms with Crippen LogP contribution in [0.15, 0.2) is 33.4 Å². The number of aryl methyl sites for hydroxylation is 1. The zero-order valence-corrected chi connectivity index (χ0v) is 14.5. The number of rotatable bonds is 6. The molecule has 0 bridgehead atoms. The Morgan fingerprint density at radius 2 is 2.36 bits per heavy atom. The Morgan fingerprint density at radius 1 is 1.48 bits per heavy atom. The van der Waals surface area contributed by atoms with E-state index >= 15 is 0 Å². The van der Waals surface area contributed by atoms with Gasteiger partial charge in [0.1, 0.15) is 17.6 Å². The van der Waals surface area contributed by atoms with Gasteiger partial charge < -0.3 is 19.4 Å². The number of likely N-dealkylation sites (tertiary alicyclic amines) is 1. The average Bonchev–Trinajstić information content (AvgIpc) is 3.19. The number of hydrogen-bond donors (Lipinski definition) is 2. The van der Waals surface area contributed by atoms with E-state index in [1.54, 1.807) is 31.4 Å². The Hall–Kier alpha value is -2.12. The molecule has 0 saturated carbocycles. The van der Waals surface area contributed by atoms with E-state index in [0.717, 1.165) is 32.2 Å². The number of carbonyl (C=O) groups excluding carboxylic acids is 1. The molecular formula is C18H25N3O4. The maximum atomic E-state index is 12.3. The standard InChI is InChI=1S/C18H25N3O4/c1-13-10-17(20-25-13)19-18(23)12-21-8-4-2-3-6-14(21)11-15(22)16-7-5-9-24-16/h5,7,9-10,14-15,22H,2-4,6,8,11-12H2,1H3,(H,19,20,23)/t14-,15+/m1/s1. The SMILES string of the molecule is Cc1cc(NC(=O)CN2CCCCC[C@@H]2C[C@H](O)c2ccco2)no1. The molecule has 1 amide bonds. The number of hydrogen-bond acceptors (Lipinski definition) is 6. The van der Waals surface area contributed by atoms with Gasteiger partial charge in [-0.25, -0.2) is 0 Å². The Labute approximate surface area is 147 Å². The molecular weight excluding hydrogens is 322 g/mol. The van der Waals surface area contributed by atoms with E-state index in [2.05, 4.69) is 15.4 Å². The first kappa shape index (κ1) is 17.7. The summed E-state index contributed by atoms with van der Waals surface area (Å²) < 4.78 is 10.3. The van der Waals surface area contributed by atoms with Crippen molar-refractivity contribution < 1.29 is 18.8 Å². The summed E-state index contributed by atoms with van der Waals surface area (Å²) in [6, 6.07) is 5.40. The van der Waals surface area contributed by atoms with Crippen molar-refractivity contribution in [3.05, 3.63) is 36.0 Å². The summed E-state index contributed by atoms with van der Waals surface area (Å²) in [5.74, 6) is 1.55. The first-order valence-corrected chi connectivity index (χ1v) is 8.80. The van der Waals surface area contributed by atoms with Gasteiger partial charge in [-0.15, -0.1) is 0 Å². The second-order valence-corrected chi connectivity index (χ2v) is 6.61. The van der Waals surface area contributed by atoms with Crippen LogP contribution < -0.4 is 5.32 Å². The molecule has 1 saturated heterocycles. The van der Waals surface area contributed by atoms with Gasteiger partial charge in [0.25, 0.3) is 0 Å². The minimum absolute atomic E-state index is 0.118. The summed E-state index contributed by atoms with van der Waals surface area (Å²) in [5.41, 5.74) is 0. The van der Waals surface area contributed by atoms with Crippen molar-refractivity contribution in [3.8, 4) is 0 Å². The lowest BCUT2D eigenvalue weighted by Crippen LogP contribution is -2.41. The highest BCUT2D eigenvalue weighted by Crippen LogP contribution is 2.26. The van der Waals surface area contributed by atoms with Crippen LogP contribution in [0.1, 0.15) is 49.7 Å². The first-order chi connectivity index (χ1) is 12.1. The van der Waals surface area contributed by atoms with Crippen molar-refractivity contribution in [2.75, 3.05) is 18.4 Å². The van der Waals surface area contributed by atoms with Gasteiger partial charge in [-0.05, 0) is 44.9 Å². The van der Waals surface area contributed by atoms with Gasteiger partial charge in [-0.3, -0.25) is 9.69 Å². The van der Waals surface area contributed by atoms with Gasteiger partial charge in [-0.2, -0.15) is 0 Å². The number of aliphatic hydroxyl groups excluding tert-OH is 1. The number of anilines is 1. The minimum atomic E-state index is -0.651. The number of amides is 1. The summed E-state index contributed by atoms with van der Waals surface area (Å²) in [4.78, 5) is 14.5. The lowest BCUT2D eigenvalue weighted by atomic mass is 10.0. The van der Waals surface area contributed by atoms with Gasteiger partial charge in [-0.1, -0.05) is 18.0 Å². The topological polar surface area (TPSA) is 91.7 Å². The summed E-state index contributed by atoms with van der Waals surface area (Å²) >= 11 is 0. The van der Waals surface area contributed by atoms with Gasteiger partial charge in [0, 0.05) is 12.1 Å². The Kier molecular flexibility index (Phi) is 5.88. The third-order valence-electron chi connectivity index (χ3n) is 4.61. The summed E-state index contributed by atoms with van der Waals surface area (Å²) in [6.07, 6.45) is 5.75. The quantitative estimate of drug-likeness (QED) is 0.835. The molecule has 0 aromatic carbocycles. The van der Waals surface area contributed by atoms with Crippen LogP contribution in [-0.2, 0) is 4.79 Å². The molecule has 3 heterocycles. The highest BCUT2D eigenvalue weighted by molar-refractivity contribution is 5.91. The molecule has 0 radical (unpaired) electrons. The smallest absolute Gasteiger partial charge is 0.239 e. The van der Waals surface area contributed by atoms with Gasteiger partial charge >= 0.3 is 0 Å². The lowest BCUT2D eigenvalue weighted by molar-refractivity contribution is -0.118. The van der Waals surface area contributed by atoms with Crippen molar-refractivity contribution in [2.45, 2.75) is 51.2 Å². The molecule has 0 spiro atoms. The average molecular weight is 347 g/mol. The normalized spacial score (nSPS) is 20.2. The zero-order chi connectivity index (χ0) is 17.6. The molecule has 2 aromatic rings. The summed E-state index contributed by atoms with van der Waals surface area (Å²) in [5, 5.41) is 17.0. The van der Waals surface area contributed by atoms with Crippen LogP contribution in [0.5, 0.6) is 0 Å². The van der Waals surface area contributed by atoms with Crippen molar-refractivity contribution in [3.63, 3.8) is 0 Å². The second-order valence-electron chi connectivity index (χ2n) is 6.61. The number of nitrogens with one attached hydrogen (secondary N) is 1. The first-order valence-electron chi connectivity index (χ1n) is 8.80. The Morgan fingerprint density at radius 3 is 3.08 bits per heavy atom. The van der Waals surface area contributed by atoms with Gasteiger partial charge in [0.05, 0.1) is 12.8 Å². The second kappa shape index (κ2) is 8.31. The fourth-order valence-electron chi connectivity index (χ4n) is 3.36. The fraction of sp³-hybridized carbons (Fsp3) is 0.556. The molecule has 2 atom stereocenters. The summed E-state index contributed by atoms with van der Waals surface area (Å²) in [7, 11) is 0. The van der Waals surface area contributed by atoms with E-state index in [1.165, 1.54) is 0 Å². The number of aliphatic hydroxyl groups is 1. The molecule has 3 rings (SSSR count). The van der Waals surface area contributed by atoms with Crippen LogP contribution in [0.4, 0.5) is 5.82 Å². The summed E-state index contributed by atoms with van der Waals surface area (Å²) in [6.45, 7) is 2.91. The van der Waals surface area contributed by atoms with E-state index < -0.39 is 6.10 Å². The predicted octanol–water partition coefficient (Wildman–Crippen LogP) is 2.88. The van der Waals surface area contributed by atoms with E-state index in [4.69, 9.17) is 8.94 Å². The fourth-order valence-corrected chi connectivity index (χ4v) is 3.36. The van der Waals surface area contributed by atoms with E-state index in [0.29, 0.717) is 23.8 Å². The van der Waals surface area contributed by atoms with Crippen LogP contribution >= 0.6 is 0 Å². The predicted molar refractivity (Wildman–Crippen MR) is 92.0 cm³/mol. The highest BCUT2D eigenvalue weighted by atomic mass is 16.5. The van der Waals surface area contributed by atoms with Crippen molar-refractivity contribution in [2.24, 2.45) is 0 Å². The van der Waals surface area contributed by atoms with Crippen molar-refractivity contribution in [1.82, 2.24) is 10.1 Å². The molecule has 1 aliphatic rings. The van der Waals surface area contributed by atoms with E-state index in [9.17, 15) is 9.90 Å². The lowest BCUT2D eigenvalue weighted by Gasteiger charge is -2.30. The number of nitrogens with zero attached hydrogens (tertiary/aromatic N) is 2. The molecule has 1 fully saturated rings. The van der Waals surface area contributed by atoms with Crippen molar-refractivity contribution in [1.29, 1.82) is 0 Å². The molecule has 136 valence electrons. The molecule has 2 N–H and O–H groups in total. The van der Waals surface area contributed by atoms with Crippen LogP contribution in [0.25, 0.3) is 0 Å². The zero-order valence-electron chi connectivity index (χ0n) is 14.5. The van der Waals surface area contributed by atoms with Crippen LogP contribution in [0.2, 0.25) is 0 Å². The molecule has 25 heavy (non-hydrogen) atoms. The maximum Gasteiger partial charge on any atom is 0.239 e. The van der Waals surface area contributed by atoms with E-state index in [1.807, 2.05) is 0 Å². The van der Waals surface area contributed by atoms with Gasteiger partial charge in [0.15, 0.2) is 5.82 Å². The number of aromatic nitrogens is 1. The van der Waals surface area contributed by atoms with E-state index in [-0.39, 0.29) is 18.5 Å². The largest absolute Gasteiger partial charge is 0.467 e. The van der Waals surface area contributed by atoms with Crippen LogP contribution in [0, 0.1) is 6.92 Å². The van der Waals surface area contributed by atoms with Crippen molar-refractivity contribution >= 4 is 11.7 Å². The molecule has 1 aliphatic heterocycles. The monoisotopic (exact) mass is 347 g/mol. The number of furan rings is 1. The molecule has 7 heteroatoms. The maximum absolute atomic E-state index is 12.3. The Bertz CT molecular complexity index is 668. The Balaban J connectivity index is 1.60. The van der Waals surface area contributed by atoms with Gasteiger partial charge in [0.2, 0.25) is 5.91 Å². The number of carbonyl (C=O) groups is 1. The molecule has 2 aromatic heterocycles. The molecule has 0 unspecified atom stereocenters.